The number of nitrogens with two attached hydrogens (primary N) is 1. The Kier molecular flexibility index (Phi) is 6.74. The van der Waals surface area contributed by atoms with Crippen molar-refractivity contribution in [3.63, 3.8) is 0 Å². The van der Waals surface area contributed by atoms with Crippen molar-refractivity contribution in [2.24, 2.45) is 5.14 Å². The fourth-order valence-electron chi connectivity index (χ4n) is 3.46. The van der Waals surface area contributed by atoms with Crippen molar-refractivity contribution in [2.75, 3.05) is 0 Å². The normalized spacial score (nSPS) is 12.8. The number of benzene rings is 3. The smallest absolute Gasteiger partial charge is 0.233 e. The monoisotopic (exact) mass is 537 g/mol. The van der Waals surface area contributed by atoms with Crippen LogP contribution in [-0.4, -0.2) is 18.2 Å². The highest BCUT2D eigenvalue weighted by molar-refractivity contribution is 7.89. The summed E-state index contributed by atoms with van der Waals surface area (Å²) in [4.78, 5) is -0.137. The van der Waals surface area contributed by atoms with Crippen LogP contribution in [0.3, 0.4) is 0 Å². The molecule has 0 spiro atoms. The highest BCUT2D eigenvalue weighted by atomic mass is 32.2. The predicted molar refractivity (Wildman–Crippen MR) is 126 cm³/mol. The molecule has 37 heavy (non-hydrogen) atoms. The first-order valence-corrected chi connectivity index (χ1v) is 12.0. The van der Waals surface area contributed by atoms with Gasteiger partial charge in [-0.15, -0.1) is 0 Å². The lowest BCUT2D eigenvalue weighted by Gasteiger charge is -2.10. The third-order valence-electron chi connectivity index (χ3n) is 5.33. The van der Waals surface area contributed by atoms with Crippen LogP contribution < -0.4 is 5.14 Å². The van der Waals surface area contributed by atoms with Crippen molar-refractivity contribution in [2.45, 2.75) is 17.2 Å². The summed E-state index contributed by atoms with van der Waals surface area (Å²) >= 11 is 0. The second-order valence-corrected chi connectivity index (χ2v) is 9.49. The Morgan fingerprint density at radius 1 is 0.730 bits per heavy atom. The van der Waals surface area contributed by atoms with Crippen LogP contribution in [0, 0.1) is 0 Å². The molecule has 2 N–H and O–H groups in total. The molecule has 0 bridgehead atoms. The zero-order valence-electron chi connectivity index (χ0n) is 18.6. The topological polar surface area (TPSA) is 78.0 Å². The van der Waals surface area contributed by atoms with Gasteiger partial charge in [-0.3, -0.25) is 0 Å². The maximum Gasteiger partial charge on any atom is 0.416 e. The van der Waals surface area contributed by atoms with Crippen LogP contribution in [0.2, 0.25) is 0 Å². The number of aromatic nitrogens is 2. The Labute approximate surface area is 207 Å². The van der Waals surface area contributed by atoms with Gasteiger partial charge in [0.25, 0.3) is 0 Å². The maximum absolute atomic E-state index is 13.0. The lowest BCUT2D eigenvalue weighted by atomic mass is 10.1. The van der Waals surface area contributed by atoms with Crippen LogP contribution in [-0.2, 0) is 22.4 Å². The summed E-state index contributed by atoms with van der Waals surface area (Å²) in [6.45, 7) is 0. The Morgan fingerprint density at radius 3 is 1.73 bits per heavy atom. The van der Waals surface area contributed by atoms with Gasteiger partial charge in [0, 0.05) is 5.56 Å². The molecule has 0 unspecified atom stereocenters. The molecule has 0 aliphatic heterocycles. The van der Waals surface area contributed by atoms with Crippen molar-refractivity contribution >= 4 is 22.2 Å². The van der Waals surface area contributed by atoms with E-state index in [9.17, 15) is 34.8 Å². The van der Waals surface area contributed by atoms with Gasteiger partial charge in [0.15, 0.2) is 0 Å². The summed E-state index contributed by atoms with van der Waals surface area (Å²) in [5.41, 5.74) is 0.385. The van der Waals surface area contributed by atoms with Crippen LogP contribution in [0.25, 0.3) is 29.1 Å². The van der Waals surface area contributed by atoms with E-state index in [1.165, 1.54) is 65.4 Å². The number of rotatable bonds is 5. The van der Waals surface area contributed by atoms with Crippen molar-refractivity contribution in [3.8, 4) is 16.9 Å². The Balaban J connectivity index is 1.74. The van der Waals surface area contributed by atoms with E-state index in [-0.39, 0.29) is 4.90 Å². The summed E-state index contributed by atoms with van der Waals surface area (Å²) in [7, 11) is -3.95. The number of halogens is 6. The van der Waals surface area contributed by atoms with Gasteiger partial charge in [-0.05, 0) is 66.2 Å². The predicted octanol–water partition coefficient (Wildman–Crippen LogP) is 6.39. The van der Waals surface area contributed by atoms with Crippen molar-refractivity contribution in [3.05, 3.63) is 101 Å². The molecule has 5 nitrogen and oxygen atoms in total. The zero-order valence-corrected chi connectivity index (χ0v) is 19.4. The zero-order chi connectivity index (χ0) is 27.0. The molecule has 0 saturated carbocycles. The number of hydrogen-bond acceptors (Lipinski definition) is 3. The molecule has 12 heteroatoms. The van der Waals surface area contributed by atoms with E-state index in [0.717, 1.165) is 24.3 Å². The van der Waals surface area contributed by atoms with Crippen LogP contribution in [0.1, 0.15) is 22.4 Å². The van der Waals surface area contributed by atoms with E-state index >= 15 is 0 Å². The van der Waals surface area contributed by atoms with Crippen molar-refractivity contribution < 1.29 is 34.8 Å². The second-order valence-electron chi connectivity index (χ2n) is 7.93. The lowest BCUT2D eigenvalue weighted by Crippen LogP contribution is -2.12. The molecule has 0 amide bonds. The van der Waals surface area contributed by atoms with Gasteiger partial charge in [0.2, 0.25) is 10.0 Å². The number of nitrogens with zero attached hydrogens (tertiary/aromatic N) is 2. The van der Waals surface area contributed by atoms with Crippen LogP contribution in [0.5, 0.6) is 0 Å². The molecule has 4 rings (SSSR count). The third-order valence-corrected chi connectivity index (χ3v) is 6.26. The molecule has 1 aromatic heterocycles. The summed E-state index contributed by atoms with van der Waals surface area (Å²) in [5, 5.41) is 9.57. The molecule has 0 aliphatic rings. The summed E-state index contributed by atoms with van der Waals surface area (Å²) in [6, 6.07) is 15.8. The molecule has 3 aromatic carbocycles. The Morgan fingerprint density at radius 2 is 1.24 bits per heavy atom. The largest absolute Gasteiger partial charge is 0.416 e. The molecule has 0 saturated heterocycles. The molecular weight excluding hydrogens is 520 g/mol. The minimum atomic E-state index is -4.52. The van der Waals surface area contributed by atoms with Crippen LogP contribution in [0.15, 0.2) is 83.8 Å². The first-order chi connectivity index (χ1) is 17.2. The first-order valence-electron chi connectivity index (χ1n) is 10.5. The first kappa shape index (κ1) is 26.2. The van der Waals surface area contributed by atoms with Gasteiger partial charge in [0.1, 0.15) is 0 Å². The third kappa shape index (κ3) is 6.09. The average molecular weight is 537 g/mol. The van der Waals surface area contributed by atoms with Crippen molar-refractivity contribution in [1.29, 1.82) is 0 Å². The lowest BCUT2D eigenvalue weighted by molar-refractivity contribution is -0.138. The van der Waals surface area contributed by atoms with Gasteiger partial charge < -0.3 is 0 Å². The molecule has 4 aromatic rings. The van der Waals surface area contributed by atoms with Gasteiger partial charge in [-0.25, -0.2) is 18.2 Å². The van der Waals surface area contributed by atoms with Gasteiger partial charge >= 0.3 is 12.4 Å². The Bertz CT molecular complexity index is 1540. The van der Waals surface area contributed by atoms with E-state index in [1.807, 2.05) is 0 Å². The molecular formula is C25H17F6N3O2S. The van der Waals surface area contributed by atoms with E-state index in [0.29, 0.717) is 28.2 Å². The number of primary sulfonamides is 1. The molecule has 192 valence electrons. The Hall–Kier alpha value is -3.90. The van der Waals surface area contributed by atoms with E-state index in [2.05, 4.69) is 5.10 Å². The number of sulfonamides is 1. The average Bonchev–Trinajstić information content (AvgIpc) is 3.26. The second kappa shape index (κ2) is 9.52. The molecule has 0 fully saturated rings. The molecule has 1 heterocycles. The van der Waals surface area contributed by atoms with Crippen LogP contribution in [0.4, 0.5) is 26.3 Å². The van der Waals surface area contributed by atoms with Gasteiger partial charge in [-0.2, -0.15) is 31.4 Å². The highest BCUT2D eigenvalue weighted by Crippen LogP contribution is 2.32. The summed E-state index contributed by atoms with van der Waals surface area (Å²) in [5.74, 6) is 0. The van der Waals surface area contributed by atoms with E-state index < -0.39 is 33.5 Å². The van der Waals surface area contributed by atoms with Crippen molar-refractivity contribution in [1.82, 2.24) is 9.78 Å². The molecule has 0 radical (unpaired) electrons. The van der Waals surface area contributed by atoms with Gasteiger partial charge in [-0.1, -0.05) is 30.3 Å². The summed E-state index contributed by atoms with van der Waals surface area (Å²) in [6.07, 6.45) is -5.91. The highest BCUT2D eigenvalue weighted by Gasteiger charge is 2.30. The summed E-state index contributed by atoms with van der Waals surface area (Å²) < 4.78 is 102. The SMILES string of the molecule is NS(=O)(=O)c1ccc(-n2nc(/C=C/c3ccc(C(F)(F)F)cc3)cc2-c2ccc(C(F)(F)F)cc2)cc1. The van der Waals surface area contributed by atoms with E-state index in [1.54, 1.807) is 6.07 Å². The maximum atomic E-state index is 13.0. The standard InChI is InChI=1S/C25H17F6N3O2S/c26-24(27,28)18-6-1-16(2-7-18)3-10-20-15-23(17-4-8-19(9-5-17)25(29,30)31)34(33-20)21-11-13-22(14-12-21)37(32,35)36/h1-15H,(H2,32,35,36)/b10-3+. The van der Waals surface area contributed by atoms with E-state index in [4.69, 9.17) is 5.14 Å². The fraction of sp³-hybridized carbons (Fsp3) is 0.0800. The van der Waals surface area contributed by atoms with Gasteiger partial charge in [0.05, 0.1) is 33.1 Å². The molecule has 0 aliphatic carbocycles. The minimum absolute atomic E-state index is 0.137. The number of hydrogen-bond donors (Lipinski definition) is 1. The van der Waals surface area contributed by atoms with Crippen LogP contribution >= 0.6 is 0 Å². The number of alkyl halides is 6. The molecule has 0 atom stereocenters. The minimum Gasteiger partial charge on any atom is -0.233 e. The fourth-order valence-corrected chi connectivity index (χ4v) is 3.97. The quantitative estimate of drug-likeness (QED) is 0.300.